The fourth-order valence-corrected chi connectivity index (χ4v) is 1.97. The van der Waals surface area contributed by atoms with Crippen LogP contribution in [0.3, 0.4) is 0 Å². The third-order valence-electron chi connectivity index (χ3n) is 2.74. The zero-order valence-electron chi connectivity index (χ0n) is 10.7. The van der Waals surface area contributed by atoms with Gasteiger partial charge in [-0.25, -0.2) is 5.43 Å². The van der Waals surface area contributed by atoms with E-state index in [-0.39, 0.29) is 17.0 Å². The van der Waals surface area contributed by atoms with Gasteiger partial charge in [-0.05, 0) is 47.9 Å². The summed E-state index contributed by atoms with van der Waals surface area (Å²) in [6.45, 7) is 0. The van der Waals surface area contributed by atoms with Gasteiger partial charge in [0.2, 0.25) is 0 Å². The highest BCUT2D eigenvalue weighted by Gasteiger charge is 2.31. The van der Waals surface area contributed by atoms with E-state index in [1.807, 2.05) is 0 Å². The number of hydrogen-bond donors (Lipinski definition) is 2. The van der Waals surface area contributed by atoms with Crippen molar-refractivity contribution in [2.75, 3.05) is 0 Å². The highest BCUT2D eigenvalue weighted by atomic mass is 35.5. The predicted octanol–water partition coefficient (Wildman–Crippen LogP) is 3.58. The van der Waals surface area contributed by atoms with Gasteiger partial charge in [0.1, 0.15) is 11.5 Å². The minimum atomic E-state index is -4.70. The van der Waals surface area contributed by atoms with Crippen LogP contribution in [0.2, 0.25) is 5.22 Å². The summed E-state index contributed by atoms with van der Waals surface area (Å²) in [5.41, 5.74) is 3.33. The number of hydrazine groups is 1. The lowest BCUT2D eigenvalue weighted by atomic mass is 10.0. The van der Waals surface area contributed by atoms with E-state index in [1.165, 1.54) is 24.3 Å². The Balaban J connectivity index is 2.05. The number of halogens is 4. The zero-order valence-corrected chi connectivity index (χ0v) is 11.4. The van der Waals surface area contributed by atoms with Crippen LogP contribution in [-0.2, 0) is 6.42 Å². The van der Waals surface area contributed by atoms with Crippen molar-refractivity contribution in [2.45, 2.75) is 18.8 Å². The number of ether oxygens (including phenoxy) is 1. The van der Waals surface area contributed by atoms with E-state index >= 15 is 0 Å². The van der Waals surface area contributed by atoms with E-state index < -0.39 is 6.36 Å². The topological polar surface area (TPSA) is 60.4 Å². The van der Waals surface area contributed by atoms with E-state index in [1.54, 1.807) is 12.1 Å². The second-order valence-corrected chi connectivity index (χ2v) is 4.63. The van der Waals surface area contributed by atoms with Crippen LogP contribution in [0.5, 0.6) is 5.75 Å². The van der Waals surface area contributed by atoms with Crippen LogP contribution < -0.4 is 16.0 Å². The second-order valence-electron chi connectivity index (χ2n) is 4.26. The maximum atomic E-state index is 12.1. The fraction of sp³-hybridized carbons (Fsp3) is 0.231. The average Bonchev–Trinajstić information content (AvgIpc) is 2.82. The van der Waals surface area contributed by atoms with Crippen molar-refractivity contribution in [2.24, 2.45) is 5.84 Å². The third-order valence-corrected chi connectivity index (χ3v) is 2.94. The number of benzene rings is 1. The molecule has 4 nitrogen and oxygen atoms in total. The number of alkyl halides is 3. The van der Waals surface area contributed by atoms with Crippen LogP contribution in [0.1, 0.15) is 17.4 Å². The molecule has 1 atom stereocenters. The van der Waals surface area contributed by atoms with Gasteiger partial charge in [-0.2, -0.15) is 0 Å². The average molecular weight is 321 g/mol. The molecule has 0 amide bonds. The third kappa shape index (κ3) is 4.66. The Bertz CT molecular complexity index is 584. The molecule has 0 saturated carbocycles. The van der Waals surface area contributed by atoms with Gasteiger partial charge in [0, 0.05) is 0 Å². The van der Waals surface area contributed by atoms with Crippen molar-refractivity contribution >= 4 is 11.6 Å². The van der Waals surface area contributed by atoms with Crippen LogP contribution in [-0.4, -0.2) is 6.36 Å². The predicted molar refractivity (Wildman–Crippen MR) is 70.6 cm³/mol. The molecule has 1 unspecified atom stereocenters. The molecule has 0 aliphatic rings. The number of nitrogens with two attached hydrogens (primary N) is 1. The second kappa shape index (κ2) is 6.38. The van der Waals surface area contributed by atoms with Crippen LogP contribution in [0.4, 0.5) is 13.2 Å². The Morgan fingerprint density at radius 1 is 1.19 bits per heavy atom. The molecule has 3 N–H and O–H groups in total. The normalized spacial score (nSPS) is 13.2. The van der Waals surface area contributed by atoms with Crippen molar-refractivity contribution in [3.63, 3.8) is 0 Å². The SMILES string of the molecule is NNC(Cc1ccc(OC(F)(F)F)cc1)c1ccc(Cl)o1. The highest BCUT2D eigenvalue weighted by Crippen LogP contribution is 2.25. The molecule has 2 aromatic rings. The Morgan fingerprint density at radius 2 is 1.86 bits per heavy atom. The molecule has 0 aliphatic carbocycles. The van der Waals surface area contributed by atoms with Gasteiger partial charge >= 0.3 is 6.36 Å². The first-order chi connectivity index (χ1) is 9.87. The zero-order chi connectivity index (χ0) is 15.5. The molecule has 1 aromatic heterocycles. The summed E-state index contributed by atoms with van der Waals surface area (Å²) < 4.78 is 45.2. The molecule has 0 spiro atoms. The molecule has 0 aliphatic heterocycles. The molecule has 0 saturated heterocycles. The molecule has 21 heavy (non-hydrogen) atoms. The number of hydrogen-bond acceptors (Lipinski definition) is 4. The van der Waals surface area contributed by atoms with Gasteiger partial charge < -0.3 is 9.15 Å². The highest BCUT2D eigenvalue weighted by molar-refractivity contribution is 6.28. The summed E-state index contributed by atoms with van der Waals surface area (Å²) in [5, 5.41) is 0.235. The van der Waals surface area contributed by atoms with E-state index in [4.69, 9.17) is 21.9 Å². The van der Waals surface area contributed by atoms with Crippen molar-refractivity contribution < 1.29 is 22.3 Å². The maximum Gasteiger partial charge on any atom is 0.573 e. The van der Waals surface area contributed by atoms with Crippen molar-refractivity contribution in [3.05, 3.63) is 52.9 Å². The van der Waals surface area contributed by atoms with Crippen molar-refractivity contribution in [1.82, 2.24) is 5.43 Å². The number of nitrogens with one attached hydrogen (secondary N) is 1. The van der Waals surface area contributed by atoms with Gasteiger partial charge in [-0.3, -0.25) is 5.84 Å². The minimum Gasteiger partial charge on any atom is -0.448 e. The van der Waals surface area contributed by atoms with Gasteiger partial charge in [0.05, 0.1) is 6.04 Å². The van der Waals surface area contributed by atoms with E-state index in [0.717, 1.165) is 5.56 Å². The lowest BCUT2D eigenvalue weighted by molar-refractivity contribution is -0.274. The molecule has 0 bridgehead atoms. The monoisotopic (exact) mass is 320 g/mol. The van der Waals surface area contributed by atoms with E-state index in [9.17, 15) is 13.2 Å². The molecular formula is C13H12ClF3N2O2. The summed E-state index contributed by atoms with van der Waals surface area (Å²) >= 11 is 5.69. The Hall–Kier alpha value is -1.70. The molecule has 0 radical (unpaired) electrons. The van der Waals surface area contributed by atoms with Gasteiger partial charge in [0.25, 0.3) is 0 Å². The Morgan fingerprint density at radius 3 is 2.33 bits per heavy atom. The summed E-state index contributed by atoms with van der Waals surface area (Å²) in [7, 11) is 0. The molecule has 8 heteroatoms. The minimum absolute atomic E-state index is 0.235. The van der Waals surface area contributed by atoms with Gasteiger partial charge in [0.15, 0.2) is 5.22 Å². The fourth-order valence-electron chi connectivity index (χ4n) is 1.82. The Labute approximate surface area is 123 Å². The molecule has 0 fully saturated rings. The molecule has 1 aromatic carbocycles. The number of furan rings is 1. The van der Waals surface area contributed by atoms with Crippen molar-refractivity contribution in [3.8, 4) is 5.75 Å². The first-order valence-electron chi connectivity index (χ1n) is 5.93. The van der Waals surface area contributed by atoms with E-state index in [0.29, 0.717) is 12.2 Å². The van der Waals surface area contributed by atoms with E-state index in [2.05, 4.69) is 10.2 Å². The number of rotatable bonds is 5. The molecule has 1 heterocycles. The summed E-state index contributed by atoms with van der Waals surface area (Å²) in [4.78, 5) is 0. The van der Waals surface area contributed by atoms with Crippen LogP contribution in [0.25, 0.3) is 0 Å². The lowest BCUT2D eigenvalue weighted by Gasteiger charge is -2.14. The summed E-state index contributed by atoms with van der Waals surface area (Å²) in [5.74, 6) is 5.71. The molecular weight excluding hydrogens is 309 g/mol. The van der Waals surface area contributed by atoms with Crippen LogP contribution >= 0.6 is 11.6 Å². The smallest absolute Gasteiger partial charge is 0.448 e. The molecule has 114 valence electrons. The Kier molecular flexibility index (Phi) is 4.76. The largest absolute Gasteiger partial charge is 0.573 e. The van der Waals surface area contributed by atoms with Crippen LogP contribution in [0, 0.1) is 0 Å². The van der Waals surface area contributed by atoms with Crippen molar-refractivity contribution in [1.29, 1.82) is 0 Å². The van der Waals surface area contributed by atoms with Gasteiger partial charge in [-0.1, -0.05) is 12.1 Å². The maximum absolute atomic E-state index is 12.1. The molecule has 2 rings (SSSR count). The first-order valence-corrected chi connectivity index (χ1v) is 6.31. The standard InChI is InChI=1S/C13H12ClF3N2O2/c14-12-6-5-11(20-12)10(19-18)7-8-1-3-9(4-2-8)21-13(15,16)17/h1-6,10,19H,7,18H2. The summed E-state index contributed by atoms with van der Waals surface area (Å²) in [6.07, 6.45) is -4.28. The quantitative estimate of drug-likeness (QED) is 0.653. The lowest BCUT2D eigenvalue weighted by Crippen LogP contribution is -2.29. The van der Waals surface area contributed by atoms with Crippen LogP contribution in [0.15, 0.2) is 40.8 Å². The van der Waals surface area contributed by atoms with Gasteiger partial charge in [-0.15, -0.1) is 13.2 Å². The first kappa shape index (κ1) is 15.7. The summed E-state index contributed by atoms with van der Waals surface area (Å²) in [6, 6.07) is 8.45.